The topological polar surface area (TPSA) is 21.3 Å². The molecule has 1 rings (SSSR count). The number of ether oxygens (including phenoxy) is 1. The lowest BCUT2D eigenvalue weighted by molar-refractivity contribution is -0.307. The second kappa shape index (κ2) is 2.40. The molecule has 0 aromatic rings. The Morgan fingerprint density at radius 1 is 1.50 bits per heavy atom. The largest absolute Gasteiger partial charge is 0.574 e. The van der Waals surface area contributed by atoms with Crippen LogP contribution in [0.15, 0.2) is 12.0 Å². The van der Waals surface area contributed by atoms with Crippen LogP contribution in [0, 0.1) is 0 Å². The summed E-state index contributed by atoms with van der Waals surface area (Å²) in [7, 11) is 0. The summed E-state index contributed by atoms with van der Waals surface area (Å²) in [6.45, 7) is 0.519. The first-order valence-electron chi connectivity index (χ1n) is 2.78. The van der Waals surface area contributed by atoms with Gasteiger partial charge in [-0.2, -0.15) is 0 Å². The minimum atomic E-state index is -4.57. The molecule has 0 aromatic carbocycles. The van der Waals surface area contributed by atoms with Crippen LogP contribution in [0.1, 0.15) is 6.42 Å². The van der Waals surface area contributed by atoms with Gasteiger partial charge >= 0.3 is 6.36 Å². The Balaban J connectivity index is 2.38. The van der Waals surface area contributed by atoms with Crippen LogP contribution in [-0.4, -0.2) is 12.9 Å². The highest BCUT2D eigenvalue weighted by Crippen LogP contribution is 2.20. The van der Waals surface area contributed by atoms with E-state index in [1.54, 1.807) is 0 Å². The molecule has 0 amide bonds. The van der Waals surface area contributed by atoms with Gasteiger partial charge in [-0.05, 0) is 12.5 Å². The van der Waals surface area contributed by atoms with Crippen molar-refractivity contribution >= 4 is 0 Å². The van der Waals surface area contributed by atoms with Gasteiger partial charge in [0.15, 0.2) is 5.88 Å². The van der Waals surface area contributed by atoms with E-state index in [-0.39, 0.29) is 5.88 Å². The lowest BCUT2D eigenvalue weighted by atomic mass is 10.5. The zero-order valence-electron chi connectivity index (χ0n) is 5.03. The Bertz CT molecular complexity index is 151. The van der Waals surface area contributed by atoms with Gasteiger partial charge in [0.2, 0.25) is 0 Å². The normalized spacial score (nSPS) is 18.1. The predicted molar refractivity (Wildman–Crippen MR) is 27.8 cm³/mol. The number of halogens is 3. The van der Waals surface area contributed by atoms with Crippen LogP contribution in [0.2, 0.25) is 0 Å². The number of hydrogen-bond acceptors (Lipinski definition) is 2. The van der Waals surface area contributed by atoms with Crippen molar-refractivity contribution in [3.63, 3.8) is 0 Å². The molecule has 10 heavy (non-hydrogen) atoms. The monoisotopic (exact) mass is 153 g/mol. The second-order valence-corrected chi connectivity index (χ2v) is 1.83. The Morgan fingerprint density at radius 3 is 2.60 bits per heavy atom. The maximum Gasteiger partial charge on any atom is 0.574 e. The molecule has 0 unspecified atom stereocenters. The number of hydrogen-bond donors (Lipinski definition) is 1. The molecule has 5 heteroatoms. The van der Waals surface area contributed by atoms with E-state index in [4.69, 9.17) is 0 Å². The molecule has 58 valence electrons. The molecule has 0 fully saturated rings. The average Bonchev–Trinajstić information content (AvgIpc) is 2.12. The lowest BCUT2D eigenvalue weighted by Gasteiger charge is -2.09. The zero-order valence-corrected chi connectivity index (χ0v) is 5.03. The molecule has 1 aliphatic heterocycles. The average molecular weight is 153 g/mol. The van der Waals surface area contributed by atoms with Crippen LogP contribution < -0.4 is 5.32 Å². The molecule has 1 N–H and O–H groups in total. The molecule has 0 radical (unpaired) electrons. The van der Waals surface area contributed by atoms with Crippen LogP contribution in [-0.2, 0) is 4.74 Å². The maximum atomic E-state index is 11.4. The van der Waals surface area contributed by atoms with Gasteiger partial charge < -0.3 is 10.1 Å². The molecular weight excluding hydrogens is 147 g/mol. The van der Waals surface area contributed by atoms with Crippen molar-refractivity contribution in [3.05, 3.63) is 12.0 Å². The minimum absolute atomic E-state index is 0.187. The quantitative estimate of drug-likeness (QED) is 0.614. The molecule has 2 nitrogen and oxygen atoms in total. The summed E-state index contributed by atoms with van der Waals surface area (Å²) in [5.41, 5.74) is 0. The fourth-order valence-corrected chi connectivity index (χ4v) is 0.673. The first-order chi connectivity index (χ1) is 4.58. The van der Waals surface area contributed by atoms with Crippen molar-refractivity contribution in [2.75, 3.05) is 6.54 Å². The number of alkyl halides is 3. The smallest absolute Gasteiger partial charge is 0.391 e. The summed E-state index contributed by atoms with van der Waals surface area (Å²) >= 11 is 0. The molecule has 0 aromatic heterocycles. The summed E-state index contributed by atoms with van der Waals surface area (Å²) in [5.74, 6) is -0.187. The van der Waals surface area contributed by atoms with Gasteiger partial charge in [-0.3, -0.25) is 0 Å². The van der Waals surface area contributed by atoms with E-state index in [9.17, 15) is 13.2 Å². The van der Waals surface area contributed by atoms with E-state index in [0.717, 1.165) is 0 Å². The van der Waals surface area contributed by atoms with Crippen molar-refractivity contribution in [1.29, 1.82) is 0 Å². The maximum absolute atomic E-state index is 11.4. The lowest BCUT2D eigenvalue weighted by Crippen LogP contribution is -2.19. The molecular formula is C5H6F3NO. The molecule has 0 saturated carbocycles. The molecule has 1 aliphatic rings. The Kier molecular flexibility index (Phi) is 1.74. The van der Waals surface area contributed by atoms with E-state index in [1.807, 2.05) is 0 Å². The first kappa shape index (κ1) is 7.24. The van der Waals surface area contributed by atoms with E-state index in [1.165, 1.54) is 6.08 Å². The third-order valence-electron chi connectivity index (χ3n) is 0.999. The van der Waals surface area contributed by atoms with Gasteiger partial charge in [-0.15, -0.1) is 13.2 Å². The molecule has 0 saturated heterocycles. The van der Waals surface area contributed by atoms with Gasteiger partial charge in [0, 0.05) is 6.54 Å². The summed E-state index contributed by atoms with van der Waals surface area (Å²) in [6, 6.07) is 0. The molecule has 1 heterocycles. The van der Waals surface area contributed by atoms with Gasteiger partial charge in [0.1, 0.15) is 0 Å². The Morgan fingerprint density at radius 2 is 2.20 bits per heavy atom. The molecule has 0 spiro atoms. The van der Waals surface area contributed by atoms with Gasteiger partial charge in [0.05, 0.1) is 0 Å². The molecule has 0 bridgehead atoms. The predicted octanol–water partition coefficient (Wildman–Crippen LogP) is 1.36. The summed E-state index contributed by atoms with van der Waals surface area (Å²) < 4.78 is 37.8. The zero-order chi connectivity index (χ0) is 7.61. The van der Waals surface area contributed by atoms with Crippen LogP contribution in [0.25, 0.3) is 0 Å². The van der Waals surface area contributed by atoms with E-state index in [0.29, 0.717) is 13.0 Å². The Labute approximate surface area is 55.7 Å². The van der Waals surface area contributed by atoms with E-state index < -0.39 is 6.36 Å². The van der Waals surface area contributed by atoms with Crippen molar-refractivity contribution in [2.45, 2.75) is 12.8 Å². The fraction of sp³-hybridized carbons (Fsp3) is 0.600. The Hall–Kier alpha value is -0.870. The van der Waals surface area contributed by atoms with Gasteiger partial charge in [-0.25, -0.2) is 0 Å². The van der Waals surface area contributed by atoms with E-state index >= 15 is 0 Å². The minimum Gasteiger partial charge on any atom is -0.391 e. The third-order valence-corrected chi connectivity index (χ3v) is 0.999. The van der Waals surface area contributed by atoms with Crippen molar-refractivity contribution < 1.29 is 17.9 Å². The highest BCUT2D eigenvalue weighted by molar-refractivity contribution is 4.97. The summed E-state index contributed by atoms with van der Waals surface area (Å²) in [6.07, 6.45) is -2.61. The van der Waals surface area contributed by atoms with Crippen LogP contribution in [0.4, 0.5) is 13.2 Å². The van der Waals surface area contributed by atoms with Crippen molar-refractivity contribution in [1.82, 2.24) is 5.32 Å². The van der Waals surface area contributed by atoms with Gasteiger partial charge in [-0.1, -0.05) is 0 Å². The molecule has 0 atom stereocenters. The first-order valence-corrected chi connectivity index (χ1v) is 2.78. The third kappa shape index (κ3) is 2.16. The summed E-state index contributed by atoms with van der Waals surface area (Å²) in [5, 5.41) is 2.43. The second-order valence-electron chi connectivity index (χ2n) is 1.83. The van der Waals surface area contributed by atoms with E-state index in [2.05, 4.69) is 10.1 Å². The molecule has 0 aliphatic carbocycles. The van der Waals surface area contributed by atoms with Crippen LogP contribution in [0.5, 0.6) is 0 Å². The highest BCUT2D eigenvalue weighted by Gasteiger charge is 2.32. The van der Waals surface area contributed by atoms with Crippen molar-refractivity contribution in [2.24, 2.45) is 0 Å². The van der Waals surface area contributed by atoms with Crippen LogP contribution in [0.3, 0.4) is 0 Å². The van der Waals surface area contributed by atoms with Crippen molar-refractivity contribution in [3.8, 4) is 0 Å². The summed E-state index contributed by atoms with van der Waals surface area (Å²) in [4.78, 5) is 0. The highest BCUT2D eigenvalue weighted by atomic mass is 19.4. The standard InChI is InChI=1S/C5H6F3NO/c6-5(7,8)10-4-2-1-3-9-4/h2,9H,1,3H2. The van der Waals surface area contributed by atoms with Crippen LogP contribution >= 0.6 is 0 Å². The SMILES string of the molecule is FC(F)(F)OC1=CCCN1. The number of rotatable bonds is 1. The fourth-order valence-electron chi connectivity index (χ4n) is 0.673. The number of nitrogens with one attached hydrogen (secondary N) is 1. The van der Waals surface area contributed by atoms with Gasteiger partial charge in [0.25, 0.3) is 0 Å².